The van der Waals surface area contributed by atoms with Gasteiger partial charge in [-0.05, 0) is 56.0 Å². The molecule has 3 aromatic rings. The van der Waals surface area contributed by atoms with Crippen LogP contribution in [0.5, 0.6) is 0 Å². The van der Waals surface area contributed by atoms with Crippen LogP contribution in [-0.2, 0) is 13.0 Å². The molecule has 1 aliphatic rings. The molecule has 26 heavy (non-hydrogen) atoms. The molecule has 4 rings (SSSR count). The van der Waals surface area contributed by atoms with Gasteiger partial charge in [-0.1, -0.05) is 12.0 Å². The minimum Gasteiger partial charge on any atom is -0.296 e. The summed E-state index contributed by atoms with van der Waals surface area (Å²) in [5.41, 5.74) is 0.697. The molecule has 5 heteroatoms. The van der Waals surface area contributed by atoms with Crippen molar-refractivity contribution in [2.75, 3.05) is 0 Å². The van der Waals surface area contributed by atoms with Crippen molar-refractivity contribution in [2.24, 2.45) is 0 Å². The zero-order chi connectivity index (χ0) is 18.1. The first kappa shape index (κ1) is 16.5. The van der Waals surface area contributed by atoms with Crippen molar-refractivity contribution in [1.82, 2.24) is 14.5 Å². The fraction of sp³-hybridized carbons (Fsp3) is 0.286. The SMILES string of the molecule is CC1(F)CCc2nc3cc(C#Cc4ccccn4)ccc3c(=O)n2CC1. The Morgan fingerprint density at radius 1 is 1.19 bits per heavy atom. The summed E-state index contributed by atoms with van der Waals surface area (Å²) in [6, 6.07) is 10.9. The predicted octanol–water partition coefficient (Wildman–Crippen LogP) is 3.26. The lowest BCUT2D eigenvalue weighted by atomic mass is 10.00. The Labute approximate surface area is 150 Å². The van der Waals surface area contributed by atoms with Crippen molar-refractivity contribution in [1.29, 1.82) is 0 Å². The summed E-state index contributed by atoms with van der Waals surface area (Å²) >= 11 is 0. The fourth-order valence-corrected chi connectivity index (χ4v) is 3.18. The van der Waals surface area contributed by atoms with Gasteiger partial charge >= 0.3 is 0 Å². The first-order valence-corrected chi connectivity index (χ1v) is 8.67. The highest BCUT2D eigenvalue weighted by Crippen LogP contribution is 2.26. The molecular weight excluding hydrogens is 329 g/mol. The molecule has 0 spiro atoms. The van der Waals surface area contributed by atoms with E-state index in [4.69, 9.17) is 0 Å². The average molecular weight is 347 g/mol. The largest absolute Gasteiger partial charge is 0.296 e. The van der Waals surface area contributed by atoms with Gasteiger partial charge in [0.25, 0.3) is 5.56 Å². The van der Waals surface area contributed by atoms with Crippen molar-refractivity contribution in [3.63, 3.8) is 0 Å². The summed E-state index contributed by atoms with van der Waals surface area (Å²) in [6.07, 6.45) is 2.87. The van der Waals surface area contributed by atoms with E-state index in [2.05, 4.69) is 21.8 Å². The standard InChI is InChI=1S/C21H18FN3O/c1-21(22)10-9-19-24-18-14-15(5-7-16-4-2-3-12-23-16)6-8-17(18)20(26)25(19)13-11-21/h2-4,6,8,12,14H,9-11,13H2,1H3. The average Bonchev–Trinajstić information content (AvgIpc) is 2.79. The Morgan fingerprint density at radius 3 is 2.88 bits per heavy atom. The lowest BCUT2D eigenvalue weighted by molar-refractivity contribution is 0.162. The maximum absolute atomic E-state index is 14.3. The van der Waals surface area contributed by atoms with Crippen LogP contribution in [0, 0.1) is 11.8 Å². The maximum Gasteiger partial charge on any atom is 0.261 e. The smallest absolute Gasteiger partial charge is 0.261 e. The predicted molar refractivity (Wildman–Crippen MR) is 98.7 cm³/mol. The van der Waals surface area contributed by atoms with Gasteiger partial charge in [-0.3, -0.25) is 9.36 Å². The Hall–Kier alpha value is -3.00. The molecule has 0 radical (unpaired) electrons. The van der Waals surface area contributed by atoms with Gasteiger partial charge in [0, 0.05) is 24.7 Å². The van der Waals surface area contributed by atoms with Gasteiger partial charge in [0.1, 0.15) is 17.2 Å². The third-order valence-corrected chi connectivity index (χ3v) is 4.76. The number of hydrogen-bond donors (Lipinski definition) is 0. The molecule has 130 valence electrons. The Morgan fingerprint density at radius 2 is 2.08 bits per heavy atom. The molecule has 0 bridgehead atoms. The van der Waals surface area contributed by atoms with E-state index in [0.717, 1.165) is 5.56 Å². The molecule has 2 aromatic heterocycles. The van der Waals surface area contributed by atoms with Crippen molar-refractivity contribution in [3.8, 4) is 11.8 Å². The lowest BCUT2D eigenvalue weighted by Gasteiger charge is -2.15. The Balaban J connectivity index is 1.76. The summed E-state index contributed by atoms with van der Waals surface area (Å²) < 4.78 is 16.0. The Bertz CT molecular complexity index is 1090. The van der Waals surface area contributed by atoms with Gasteiger partial charge in [-0.2, -0.15) is 0 Å². The summed E-state index contributed by atoms with van der Waals surface area (Å²) in [5, 5.41) is 0.541. The van der Waals surface area contributed by atoms with E-state index in [0.29, 0.717) is 48.2 Å². The first-order valence-electron chi connectivity index (χ1n) is 8.67. The number of rotatable bonds is 0. The van der Waals surface area contributed by atoms with Gasteiger partial charge in [0.05, 0.1) is 10.9 Å². The maximum atomic E-state index is 14.3. The monoisotopic (exact) mass is 347 g/mol. The number of pyridine rings is 1. The molecule has 0 saturated carbocycles. The molecular formula is C21H18FN3O. The molecule has 3 heterocycles. The third-order valence-electron chi connectivity index (χ3n) is 4.76. The van der Waals surface area contributed by atoms with E-state index in [9.17, 15) is 9.18 Å². The van der Waals surface area contributed by atoms with Crippen molar-refractivity contribution >= 4 is 10.9 Å². The summed E-state index contributed by atoms with van der Waals surface area (Å²) in [6.45, 7) is 1.96. The van der Waals surface area contributed by atoms with E-state index in [1.807, 2.05) is 30.3 Å². The number of benzene rings is 1. The van der Waals surface area contributed by atoms with Crippen LogP contribution >= 0.6 is 0 Å². The third kappa shape index (κ3) is 3.23. The van der Waals surface area contributed by atoms with Gasteiger partial charge < -0.3 is 0 Å². The molecule has 1 aliphatic heterocycles. The van der Waals surface area contributed by atoms with E-state index < -0.39 is 5.67 Å². The van der Waals surface area contributed by atoms with Crippen molar-refractivity contribution in [2.45, 2.75) is 38.4 Å². The van der Waals surface area contributed by atoms with Crippen LogP contribution in [0.25, 0.3) is 10.9 Å². The van der Waals surface area contributed by atoms with Crippen LogP contribution in [0.15, 0.2) is 47.4 Å². The van der Waals surface area contributed by atoms with Crippen LogP contribution in [-0.4, -0.2) is 20.2 Å². The number of hydrogen-bond acceptors (Lipinski definition) is 3. The van der Waals surface area contributed by atoms with Crippen LogP contribution < -0.4 is 5.56 Å². The number of halogens is 1. The quantitative estimate of drug-likeness (QED) is 0.587. The summed E-state index contributed by atoms with van der Waals surface area (Å²) in [4.78, 5) is 21.6. The number of nitrogens with zero attached hydrogens (tertiary/aromatic N) is 3. The number of aromatic nitrogens is 3. The molecule has 1 atom stereocenters. The molecule has 0 fully saturated rings. The number of alkyl halides is 1. The van der Waals surface area contributed by atoms with E-state index >= 15 is 0 Å². The molecule has 4 nitrogen and oxygen atoms in total. The normalized spacial score (nSPS) is 19.3. The first-order chi connectivity index (χ1) is 12.5. The van der Waals surface area contributed by atoms with Crippen molar-refractivity contribution in [3.05, 3.63) is 70.0 Å². The molecule has 1 aromatic carbocycles. The van der Waals surface area contributed by atoms with Gasteiger partial charge in [0.15, 0.2) is 0 Å². The van der Waals surface area contributed by atoms with Gasteiger partial charge in [0.2, 0.25) is 0 Å². The van der Waals surface area contributed by atoms with Crippen molar-refractivity contribution < 1.29 is 4.39 Å². The highest BCUT2D eigenvalue weighted by molar-refractivity contribution is 5.79. The fourth-order valence-electron chi connectivity index (χ4n) is 3.18. The number of fused-ring (bicyclic) bond motifs is 2. The molecule has 0 saturated heterocycles. The highest BCUT2D eigenvalue weighted by atomic mass is 19.1. The second-order valence-electron chi connectivity index (χ2n) is 6.85. The van der Waals surface area contributed by atoms with E-state index in [1.54, 1.807) is 23.8 Å². The van der Waals surface area contributed by atoms with Gasteiger partial charge in [-0.25, -0.2) is 14.4 Å². The lowest BCUT2D eigenvalue weighted by Crippen LogP contribution is -2.25. The van der Waals surface area contributed by atoms with Crippen LogP contribution in [0.3, 0.4) is 0 Å². The van der Waals surface area contributed by atoms with Crippen LogP contribution in [0.4, 0.5) is 4.39 Å². The highest BCUT2D eigenvalue weighted by Gasteiger charge is 2.28. The van der Waals surface area contributed by atoms with E-state index in [-0.39, 0.29) is 5.56 Å². The van der Waals surface area contributed by atoms with Crippen LogP contribution in [0.1, 0.15) is 36.8 Å². The Kier molecular flexibility index (Phi) is 4.04. The second kappa shape index (κ2) is 6.38. The number of aryl methyl sites for hydroxylation is 1. The zero-order valence-corrected chi connectivity index (χ0v) is 14.5. The topological polar surface area (TPSA) is 47.8 Å². The molecule has 0 aliphatic carbocycles. The summed E-state index contributed by atoms with van der Waals surface area (Å²) in [7, 11) is 0. The minimum atomic E-state index is -1.26. The van der Waals surface area contributed by atoms with Crippen LogP contribution in [0.2, 0.25) is 0 Å². The second-order valence-corrected chi connectivity index (χ2v) is 6.85. The molecule has 0 N–H and O–H groups in total. The zero-order valence-electron chi connectivity index (χ0n) is 14.5. The summed E-state index contributed by atoms with van der Waals surface area (Å²) in [5.74, 6) is 6.71. The molecule has 0 amide bonds. The van der Waals surface area contributed by atoms with E-state index in [1.165, 1.54) is 0 Å². The van der Waals surface area contributed by atoms with Gasteiger partial charge in [-0.15, -0.1) is 0 Å². The minimum absolute atomic E-state index is 0.105. The molecule has 1 unspecified atom stereocenters.